The number of amides is 1. The molecule has 8 heteroatoms. The number of carboxylic acids is 1. The van der Waals surface area contributed by atoms with Gasteiger partial charge in [0.05, 0.1) is 26.0 Å². The molecule has 1 aliphatic rings. The van der Waals surface area contributed by atoms with Crippen LogP contribution in [0.1, 0.15) is 36.4 Å². The Kier molecular flexibility index (Phi) is 6.39. The zero-order valence-corrected chi connectivity index (χ0v) is 16.8. The third-order valence-corrected chi connectivity index (χ3v) is 5.03. The molecule has 0 fully saturated rings. The zero-order chi connectivity index (χ0) is 21.0. The fourth-order valence-electron chi connectivity index (χ4n) is 3.24. The van der Waals surface area contributed by atoms with Gasteiger partial charge < -0.3 is 19.4 Å². The summed E-state index contributed by atoms with van der Waals surface area (Å²) in [5.41, 5.74) is 2.18. The summed E-state index contributed by atoms with van der Waals surface area (Å²) in [6.45, 7) is 0. The first kappa shape index (κ1) is 20.7. The minimum atomic E-state index is -1.28. The molecule has 2 aromatic rings. The number of hydrazone groups is 1. The minimum absolute atomic E-state index is 0.202. The molecular weight excluding hydrogens is 396 g/mol. The van der Waals surface area contributed by atoms with Gasteiger partial charge in [-0.15, -0.1) is 0 Å². The van der Waals surface area contributed by atoms with E-state index in [0.29, 0.717) is 28.7 Å². The Hall–Kier alpha value is -3.06. The van der Waals surface area contributed by atoms with Gasteiger partial charge in [0.2, 0.25) is 5.91 Å². The van der Waals surface area contributed by atoms with Crippen LogP contribution >= 0.6 is 11.6 Å². The lowest BCUT2D eigenvalue weighted by Crippen LogP contribution is -2.30. The highest BCUT2D eigenvalue weighted by atomic mass is 35.5. The normalized spacial score (nSPS) is 15.8. The van der Waals surface area contributed by atoms with Crippen molar-refractivity contribution in [2.24, 2.45) is 5.10 Å². The van der Waals surface area contributed by atoms with Crippen LogP contribution in [0.5, 0.6) is 11.5 Å². The number of methoxy groups -OCH3 is 2. The number of aliphatic carboxylic acids is 1. The molecule has 0 saturated carbocycles. The van der Waals surface area contributed by atoms with Gasteiger partial charge in [-0.1, -0.05) is 29.8 Å². The van der Waals surface area contributed by atoms with Crippen LogP contribution in [0.2, 0.25) is 5.02 Å². The van der Waals surface area contributed by atoms with Gasteiger partial charge in [-0.25, -0.2) is 5.01 Å². The molecular formula is C21H20ClN2O5-. The van der Waals surface area contributed by atoms with E-state index >= 15 is 0 Å². The summed E-state index contributed by atoms with van der Waals surface area (Å²) in [5.74, 6) is -0.561. The van der Waals surface area contributed by atoms with E-state index in [0.717, 1.165) is 11.1 Å². The standard InChI is InChI=1S/C21H21ClN2O5/c1-28-18-8-7-13(11-19(18)29-2)16-12-17(14-5-3-4-6-15(14)22)24(23-16)20(25)9-10-21(26)27/h3-8,11,17H,9-10,12H2,1-2H3,(H,26,27)/p-1/t17-/m0/s1. The Morgan fingerprint density at radius 1 is 1.14 bits per heavy atom. The van der Waals surface area contributed by atoms with Gasteiger partial charge in [0.15, 0.2) is 11.5 Å². The van der Waals surface area contributed by atoms with E-state index in [2.05, 4.69) is 5.10 Å². The average molecular weight is 416 g/mol. The molecule has 0 spiro atoms. The predicted octanol–water partition coefficient (Wildman–Crippen LogP) is 2.57. The van der Waals surface area contributed by atoms with Crippen molar-refractivity contribution in [3.8, 4) is 11.5 Å². The quantitative estimate of drug-likeness (QED) is 0.693. The third kappa shape index (κ3) is 4.51. The van der Waals surface area contributed by atoms with E-state index in [1.54, 1.807) is 38.5 Å². The maximum absolute atomic E-state index is 12.7. The van der Waals surface area contributed by atoms with Gasteiger partial charge in [0.1, 0.15) is 0 Å². The van der Waals surface area contributed by atoms with Gasteiger partial charge in [0, 0.05) is 29.4 Å². The third-order valence-electron chi connectivity index (χ3n) is 4.69. The van der Waals surface area contributed by atoms with Crippen molar-refractivity contribution in [1.82, 2.24) is 5.01 Å². The van der Waals surface area contributed by atoms with E-state index in [4.69, 9.17) is 21.1 Å². The number of carboxylic acid groups (broad SMARTS) is 1. The van der Waals surface area contributed by atoms with E-state index in [1.165, 1.54) is 5.01 Å². The van der Waals surface area contributed by atoms with Gasteiger partial charge in [-0.3, -0.25) is 4.79 Å². The molecule has 0 saturated heterocycles. The molecule has 7 nitrogen and oxygen atoms in total. The molecule has 0 radical (unpaired) electrons. The Balaban J connectivity index is 1.96. The lowest BCUT2D eigenvalue weighted by atomic mass is 9.98. The Bertz CT molecular complexity index is 960. The maximum Gasteiger partial charge on any atom is 0.243 e. The number of rotatable bonds is 7. The Morgan fingerprint density at radius 3 is 2.52 bits per heavy atom. The molecule has 29 heavy (non-hydrogen) atoms. The smallest absolute Gasteiger partial charge is 0.243 e. The van der Waals surface area contributed by atoms with Crippen LogP contribution in [-0.4, -0.2) is 36.8 Å². The van der Waals surface area contributed by atoms with Crippen molar-refractivity contribution in [2.45, 2.75) is 25.3 Å². The minimum Gasteiger partial charge on any atom is -0.550 e. The van der Waals surface area contributed by atoms with Crippen LogP contribution in [-0.2, 0) is 9.59 Å². The van der Waals surface area contributed by atoms with Crippen LogP contribution in [0.3, 0.4) is 0 Å². The molecule has 1 aliphatic heterocycles. The first-order chi connectivity index (χ1) is 13.9. The second-order valence-corrected chi connectivity index (χ2v) is 6.88. The molecule has 0 N–H and O–H groups in total. The first-order valence-electron chi connectivity index (χ1n) is 9.00. The number of hydrogen-bond donors (Lipinski definition) is 0. The number of nitrogens with zero attached hydrogens (tertiary/aromatic N) is 2. The van der Waals surface area contributed by atoms with Crippen LogP contribution in [0.25, 0.3) is 0 Å². The van der Waals surface area contributed by atoms with Gasteiger partial charge in [-0.05, 0) is 36.2 Å². The number of carbonyl (C=O) groups excluding carboxylic acids is 2. The Morgan fingerprint density at radius 2 is 1.86 bits per heavy atom. The summed E-state index contributed by atoms with van der Waals surface area (Å²) in [7, 11) is 3.09. The molecule has 1 atom stereocenters. The van der Waals surface area contributed by atoms with Crippen molar-refractivity contribution in [3.63, 3.8) is 0 Å². The SMILES string of the molecule is COc1ccc(C2=NN(C(=O)CCC(=O)[O-])[C@H](c3ccccc3Cl)C2)cc1OC. The molecule has 0 bridgehead atoms. The zero-order valence-electron chi connectivity index (χ0n) is 16.1. The van der Waals surface area contributed by atoms with Gasteiger partial charge >= 0.3 is 0 Å². The number of carbonyl (C=O) groups is 2. The molecule has 0 unspecified atom stereocenters. The van der Waals surface area contributed by atoms with Crippen molar-refractivity contribution in [1.29, 1.82) is 0 Å². The fourth-order valence-corrected chi connectivity index (χ4v) is 3.50. The largest absolute Gasteiger partial charge is 0.550 e. The summed E-state index contributed by atoms with van der Waals surface area (Å²) in [4.78, 5) is 23.5. The highest BCUT2D eigenvalue weighted by molar-refractivity contribution is 6.31. The highest BCUT2D eigenvalue weighted by Crippen LogP contribution is 2.38. The topological polar surface area (TPSA) is 91.3 Å². The van der Waals surface area contributed by atoms with Crippen molar-refractivity contribution < 1.29 is 24.2 Å². The highest BCUT2D eigenvalue weighted by Gasteiger charge is 2.34. The van der Waals surface area contributed by atoms with Crippen molar-refractivity contribution in [3.05, 3.63) is 58.6 Å². The lowest BCUT2D eigenvalue weighted by Gasteiger charge is -2.23. The molecule has 3 rings (SSSR count). The van der Waals surface area contributed by atoms with E-state index in [9.17, 15) is 14.7 Å². The second-order valence-electron chi connectivity index (χ2n) is 6.47. The summed E-state index contributed by atoms with van der Waals surface area (Å²) in [5, 5.41) is 17.1. The lowest BCUT2D eigenvalue weighted by molar-refractivity contribution is -0.305. The van der Waals surface area contributed by atoms with E-state index in [-0.39, 0.29) is 12.8 Å². The van der Waals surface area contributed by atoms with Gasteiger partial charge in [-0.2, -0.15) is 5.10 Å². The second kappa shape index (κ2) is 8.96. The van der Waals surface area contributed by atoms with Crippen LogP contribution in [0.15, 0.2) is 47.6 Å². The summed E-state index contributed by atoms with van der Waals surface area (Å²) >= 11 is 6.35. The van der Waals surface area contributed by atoms with Crippen LogP contribution in [0.4, 0.5) is 0 Å². The summed E-state index contributed by atoms with van der Waals surface area (Å²) in [6, 6.07) is 12.2. The van der Waals surface area contributed by atoms with E-state index in [1.807, 2.05) is 18.2 Å². The van der Waals surface area contributed by atoms with Crippen LogP contribution < -0.4 is 14.6 Å². The molecule has 1 amide bonds. The molecule has 0 aromatic heterocycles. The summed E-state index contributed by atoms with van der Waals surface area (Å²) < 4.78 is 10.6. The van der Waals surface area contributed by atoms with Crippen LogP contribution in [0, 0.1) is 0 Å². The maximum atomic E-state index is 12.7. The fraction of sp³-hybridized carbons (Fsp3) is 0.286. The number of benzene rings is 2. The van der Waals surface area contributed by atoms with Crippen molar-refractivity contribution in [2.75, 3.05) is 14.2 Å². The van der Waals surface area contributed by atoms with Gasteiger partial charge in [0.25, 0.3) is 0 Å². The molecule has 152 valence electrons. The average Bonchev–Trinajstić information content (AvgIpc) is 3.17. The monoisotopic (exact) mass is 415 g/mol. The number of hydrogen-bond acceptors (Lipinski definition) is 6. The molecule has 2 aromatic carbocycles. The number of halogens is 1. The molecule has 1 heterocycles. The first-order valence-corrected chi connectivity index (χ1v) is 9.38. The predicted molar refractivity (Wildman–Crippen MR) is 106 cm³/mol. The van der Waals surface area contributed by atoms with E-state index < -0.39 is 17.9 Å². The summed E-state index contributed by atoms with van der Waals surface area (Å²) in [6.07, 6.45) is -0.145. The Labute approximate surface area is 173 Å². The van der Waals surface area contributed by atoms with Crippen molar-refractivity contribution >= 4 is 29.2 Å². The number of ether oxygens (including phenoxy) is 2. The molecule has 0 aliphatic carbocycles.